The van der Waals surface area contributed by atoms with Crippen molar-refractivity contribution in [3.8, 4) is 6.07 Å². The van der Waals surface area contributed by atoms with Gasteiger partial charge in [0.05, 0.1) is 12.0 Å². The molecule has 0 fully saturated rings. The van der Waals surface area contributed by atoms with Gasteiger partial charge in [-0.2, -0.15) is 5.26 Å². The van der Waals surface area contributed by atoms with Crippen molar-refractivity contribution in [1.29, 1.82) is 5.26 Å². The third-order valence-corrected chi connectivity index (χ3v) is 2.88. The number of hydrogen-bond donors (Lipinski definition) is 1. The smallest absolute Gasteiger partial charge is 0.226 e. The van der Waals surface area contributed by atoms with Crippen LogP contribution < -0.4 is 5.32 Å². The molecule has 100 valence electrons. The summed E-state index contributed by atoms with van der Waals surface area (Å²) in [6, 6.07) is 16.9. The quantitative estimate of drug-likeness (QED) is 0.923. The summed E-state index contributed by atoms with van der Waals surface area (Å²) < 4.78 is 13.6. The van der Waals surface area contributed by atoms with Gasteiger partial charge in [-0.05, 0) is 18.2 Å². The number of nitrogens with zero attached hydrogens (tertiary/aromatic N) is 1. The van der Waals surface area contributed by atoms with Crippen LogP contribution in [-0.4, -0.2) is 5.91 Å². The predicted octanol–water partition coefficient (Wildman–Crippen LogP) is 3.46. The van der Waals surface area contributed by atoms with Crippen LogP contribution in [0.3, 0.4) is 0 Å². The molecule has 0 spiro atoms. The first kappa shape index (κ1) is 13.8. The standard InChI is InChI=1S/C16H13FN2O/c17-15-9-5-4-8-14(15)12(11-18)10-16(20)19-13-6-2-1-3-7-13/h1-9,12H,10H2,(H,19,20). The number of carbonyl (C=O) groups excluding carboxylic acids is 1. The summed E-state index contributed by atoms with van der Waals surface area (Å²) in [5.74, 6) is -1.57. The number of amides is 1. The van der Waals surface area contributed by atoms with Crippen molar-refractivity contribution < 1.29 is 9.18 Å². The summed E-state index contributed by atoms with van der Waals surface area (Å²) in [6.45, 7) is 0. The Morgan fingerprint density at radius 3 is 2.45 bits per heavy atom. The van der Waals surface area contributed by atoms with Gasteiger partial charge in [0.2, 0.25) is 5.91 Å². The normalized spacial score (nSPS) is 11.4. The topological polar surface area (TPSA) is 52.9 Å². The van der Waals surface area contributed by atoms with E-state index in [4.69, 9.17) is 5.26 Å². The fraction of sp³-hybridized carbons (Fsp3) is 0.125. The highest BCUT2D eigenvalue weighted by molar-refractivity contribution is 5.91. The first-order valence-electron chi connectivity index (χ1n) is 6.19. The maximum absolute atomic E-state index is 13.6. The molecule has 2 aromatic carbocycles. The number of halogens is 1. The lowest BCUT2D eigenvalue weighted by atomic mass is 9.96. The van der Waals surface area contributed by atoms with Crippen LogP contribution in [-0.2, 0) is 4.79 Å². The van der Waals surface area contributed by atoms with E-state index in [1.807, 2.05) is 12.1 Å². The van der Waals surface area contributed by atoms with Crippen LogP contribution in [0.4, 0.5) is 10.1 Å². The summed E-state index contributed by atoms with van der Waals surface area (Å²) in [5, 5.41) is 11.8. The van der Waals surface area contributed by atoms with Crippen molar-refractivity contribution >= 4 is 11.6 Å². The molecule has 0 bridgehead atoms. The number of anilines is 1. The molecule has 4 heteroatoms. The van der Waals surface area contributed by atoms with Crippen molar-refractivity contribution in [2.75, 3.05) is 5.32 Å². The van der Waals surface area contributed by atoms with Crippen molar-refractivity contribution in [2.24, 2.45) is 0 Å². The van der Waals surface area contributed by atoms with Crippen LogP contribution in [0.25, 0.3) is 0 Å². The number of nitriles is 1. The molecule has 0 heterocycles. The van der Waals surface area contributed by atoms with Gasteiger partial charge < -0.3 is 5.32 Å². The summed E-state index contributed by atoms with van der Waals surface area (Å²) in [5.41, 5.74) is 0.904. The molecule has 0 aliphatic heterocycles. The van der Waals surface area contributed by atoms with Gasteiger partial charge in [0.15, 0.2) is 0 Å². The molecule has 0 saturated heterocycles. The van der Waals surface area contributed by atoms with E-state index >= 15 is 0 Å². The monoisotopic (exact) mass is 268 g/mol. The molecule has 0 aromatic heterocycles. The van der Waals surface area contributed by atoms with E-state index in [-0.39, 0.29) is 17.9 Å². The largest absolute Gasteiger partial charge is 0.326 e. The highest BCUT2D eigenvalue weighted by atomic mass is 19.1. The van der Waals surface area contributed by atoms with Gasteiger partial charge in [-0.1, -0.05) is 36.4 Å². The van der Waals surface area contributed by atoms with Gasteiger partial charge >= 0.3 is 0 Å². The van der Waals surface area contributed by atoms with E-state index in [9.17, 15) is 9.18 Å². The minimum absolute atomic E-state index is 0.0771. The van der Waals surface area contributed by atoms with Crippen LogP contribution in [0.1, 0.15) is 17.9 Å². The number of para-hydroxylation sites is 1. The summed E-state index contributed by atoms with van der Waals surface area (Å²) in [6.07, 6.45) is -0.0771. The van der Waals surface area contributed by atoms with E-state index in [0.29, 0.717) is 5.69 Å². The van der Waals surface area contributed by atoms with Crippen molar-refractivity contribution in [3.63, 3.8) is 0 Å². The molecule has 0 aliphatic carbocycles. The first-order valence-corrected chi connectivity index (χ1v) is 6.19. The average Bonchev–Trinajstić information content (AvgIpc) is 2.46. The van der Waals surface area contributed by atoms with Crippen LogP contribution >= 0.6 is 0 Å². The molecule has 1 atom stereocenters. The molecule has 0 aliphatic rings. The Labute approximate surface area is 116 Å². The Morgan fingerprint density at radius 1 is 1.15 bits per heavy atom. The van der Waals surface area contributed by atoms with E-state index in [1.54, 1.807) is 36.4 Å². The maximum atomic E-state index is 13.6. The molecule has 1 amide bonds. The van der Waals surface area contributed by atoms with Crippen molar-refractivity contribution in [2.45, 2.75) is 12.3 Å². The van der Waals surface area contributed by atoms with Crippen LogP contribution in [0.2, 0.25) is 0 Å². The van der Waals surface area contributed by atoms with Crippen molar-refractivity contribution in [1.82, 2.24) is 0 Å². The lowest BCUT2D eigenvalue weighted by Crippen LogP contribution is -2.15. The Bertz CT molecular complexity index is 634. The number of benzene rings is 2. The lowest BCUT2D eigenvalue weighted by molar-refractivity contribution is -0.116. The fourth-order valence-electron chi connectivity index (χ4n) is 1.90. The van der Waals surface area contributed by atoms with E-state index < -0.39 is 11.7 Å². The third-order valence-electron chi connectivity index (χ3n) is 2.88. The number of hydrogen-bond acceptors (Lipinski definition) is 2. The van der Waals surface area contributed by atoms with Gasteiger partial charge in [0.25, 0.3) is 0 Å². The second-order valence-corrected chi connectivity index (χ2v) is 4.32. The summed E-state index contributed by atoms with van der Waals surface area (Å²) in [7, 11) is 0. The van der Waals surface area contributed by atoms with Gasteiger partial charge in [0, 0.05) is 17.7 Å². The zero-order chi connectivity index (χ0) is 14.4. The molecule has 20 heavy (non-hydrogen) atoms. The number of rotatable bonds is 4. The Balaban J connectivity index is 2.06. The predicted molar refractivity (Wildman–Crippen MR) is 74.4 cm³/mol. The van der Waals surface area contributed by atoms with Gasteiger partial charge in [-0.3, -0.25) is 4.79 Å². The molecular weight excluding hydrogens is 255 g/mol. The highest BCUT2D eigenvalue weighted by Gasteiger charge is 2.18. The van der Waals surface area contributed by atoms with E-state index in [0.717, 1.165) is 0 Å². The zero-order valence-electron chi connectivity index (χ0n) is 10.7. The maximum Gasteiger partial charge on any atom is 0.226 e. The third kappa shape index (κ3) is 3.42. The minimum Gasteiger partial charge on any atom is -0.326 e. The van der Waals surface area contributed by atoms with Crippen LogP contribution in [0.15, 0.2) is 54.6 Å². The molecule has 2 rings (SSSR count). The molecule has 1 unspecified atom stereocenters. The molecule has 2 aromatic rings. The van der Waals surface area contributed by atoms with Gasteiger partial charge in [0.1, 0.15) is 5.82 Å². The average molecular weight is 268 g/mol. The molecule has 0 saturated carbocycles. The SMILES string of the molecule is N#CC(CC(=O)Nc1ccccc1)c1ccccc1F. The molecule has 3 nitrogen and oxygen atoms in total. The van der Waals surface area contributed by atoms with E-state index in [2.05, 4.69) is 5.32 Å². The minimum atomic E-state index is -0.792. The highest BCUT2D eigenvalue weighted by Crippen LogP contribution is 2.22. The molecule has 0 radical (unpaired) electrons. The second-order valence-electron chi connectivity index (χ2n) is 4.32. The first-order chi connectivity index (χ1) is 9.70. The molecular formula is C16H13FN2O. The molecule has 1 N–H and O–H groups in total. The Kier molecular flexibility index (Phi) is 4.46. The Hall–Kier alpha value is -2.67. The van der Waals surface area contributed by atoms with E-state index in [1.165, 1.54) is 12.1 Å². The summed E-state index contributed by atoms with van der Waals surface area (Å²) >= 11 is 0. The fourth-order valence-corrected chi connectivity index (χ4v) is 1.90. The second kappa shape index (κ2) is 6.48. The lowest BCUT2D eigenvalue weighted by Gasteiger charge is -2.10. The number of carbonyl (C=O) groups is 1. The van der Waals surface area contributed by atoms with Gasteiger partial charge in [-0.25, -0.2) is 4.39 Å². The van der Waals surface area contributed by atoms with Crippen LogP contribution in [0.5, 0.6) is 0 Å². The van der Waals surface area contributed by atoms with Crippen molar-refractivity contribution in [3.05, 3.63) is 66.0 Å². The van der Waals surface area contributed by atoms with Gasteiger partial charge in [-0.15, -0.1) is 0 Å². The number of nitrogens with one attached hydrogen (secondary N) is 1. The Morgan fingerprint density at radius 2 is 1.80 bits per heavy atom. The summed E-state index contributed by atoms with van der Waals surface area (Å²) in [4.78, 5) is 11.9. The van der Waals surface area contributed by atoms with Crippen LogP contribution in [0, 0.1) is 17.1 Å². The zero-order valence-corrected chi connectivity index (χ0v) is 10.7.